The first-order valence-corrected chi connectivity index (χ1v) is 6.07. The van der Waals surface area contributed by atoms with Crippen LogP contribution in [0.4, 0.5) is 0 Å². The van der Waals surface area contributed by atoms with Crippen molar-refractivity contribution in [1.29, 1.82) is 0 Å². The third kappa shape index (κ3) is 2.02. The zero-order chi connectivity index (χ0) is 11.0. The first-order valence-electron chi connectivity index (χ1n) is 6.07. The van der Waals surface area contributed by atoms with Crippen LogP contribution in [0, 0.1) is 0 Å². The Morgan fingerprint density at radius 3 is 2.75 bits per heavy atom. The maximum atomic E-state index is 5.97. The molecule has 0 saturated heterocycles. The summed E-state index contributed by atoms with van der Waals surface area (Å²) in [5, 5.41) is 0. The lowest BCUT2D eigenvalue weighted by Gasteiger charge is -2.17. The molecule has 2 fully saturated rings. The molecule has 2 saturated carbocycles. The Kier molecular flexibility index (Phi) is 2.52. The van der Waals surface area contributed by atoms with Crippen LogP contribution in [0.2, 0.25) is 0 Å². The number of hydrogen-bond acceptors (Lipinski definition) is 4. The van der Waals surface area contributed by atoms with Gasteiger partial charge in [-0.2, -0.15) is 0 Å². The summed E-state index contributed by atoms with van der Waals surface area (Å²) in [6.45, 7) is 0. The predicted molar refractivity (Wildman–Crippen MR) is 60.2 cm³/mol. The summed E-state index contributed by atoms with van der Waals surface area (Å²) < 4.78 is 5.83. The molecule has 0 radical (unpaired) electrons. The van der Waals surface area contributed by atoms with Crippen molar-refractivity contribution in [3.8, 4) is 5.88 Å². The molecule has 2 aliphatic carbocycles. The molecule has 86 valence electrons. The van der Waals surface area contributed by atoms with Gasteiger partial charge in [0.2, 0.25) is 5.88 Å². The first kappa shape index (κ1) is 10.0. The zero-order valence-corrected chi connectivity index (χ0v) is 9.30. The molecular formula is C12H17N3O. The molecule has 3 rings (SSSR count). The molecule has 4 nitrogen and oxygen atoms in total. The standard InChI is InChI=1S/C12H17N3O/c13-9-2-1-3-11(9)16-12-6-10(8-4-5-8)14-7-15-12/h6-9,11H,1-5,13H2/t9-,11-/m1/s1. The van der Waals surface area contributed by atoms with Crippen molar-refractivity contribution in [3.05, 3.63) is 18.1 Å². The summed E-state index contributed by atoms with van der Waals surface area (Å²) >= 11 is 0. The minimum atomic E-state index is 0.141. The molecule has 0 spiro atoms. The van der Waals surface area contributed by atoms with Crippen LogP contribution >= 0.6 is 0 Å². The van der Waals surface area contributed by atoms with Gasteiger partial charge in [-0.1, -0.05) is 0 Å². The van der Waals surface area contributed by atoms with E-state index in [1.807, 2.05) is 6.07 Å². The van der Waals surface area contributed by atoms with Crippen LogP contribution in [0.15, 0.2) is 12.4 Å². The van der Waals surface area contributed by atoms with Gasteiger partial charge in [0.15, 0.2) is 0 Å². The maximum Gasteiger partial charge on any atom is 0.216 e. The molecule has 2 atom stereocenters. The molecule has 0 amide bonds. The highest BCUT2D eigenvalue weighted by atomic mass is 16.5. The summed E-state index contributed by atoms with van der Waals surface area (Å²) in [4.78, 5) is 8.43. The monoisotopic (exact) mass is 219 g/mol. The zero-order valence-electron chi connectivity index (χ0n) is 9.30. The number of ether oxygens (including phenoxy) is 1. The predicted octanol–water partition coefficient (Wildman–Crippen LogP) is 1.61. The molecule has 0 aromatic carbocycles. The van der Waals surface area contributed by atoms with E-state index in [0.717, 1.165) is 25.0 Å². The van der Waals surface area contributed by atoms with Gasteiger partial charge >= 0.3 is 0 Å². The average Bonchev–Trinajstić information content (AvgIpc) is 3.06. The molecule has 1 heterocycles. The summed E-state index contributed by atoms with van der Waals surface area (Å²) in [7, 11) is 0. The quantitative estimate of drug-likeness (QED) is 0.839. The fourth-order valence-electron chi connectivity index (χ4n) is 2.28. The van der Waals surface area contributed by atoms with Gasteiger partial charge in [0, 0.05) is 18.0 Å². The van der Waals surface area contributed by atoms with Gasteiger partial charge in [-0.15, -0.1) is 0 Å². The van der Waals surface area contributed by atoms with E-state index in [0.29, 0.717) is 11.8 Å². The largest absolute Gasteiger partial charge is 0.473 e. The highest BCUT2D eigenvalue weighted by Gasteiger charge is 2.28. The minimum Gasteiger partial charge on any atom is -0.473 e. The number of nitrogens with zero attached hydrogens (tertiary/aromatic N) is 2. The van der Waals surface area contributed by atoms with Crippen LogP contribution < -0.4 is 10.5 Å². The van der Waals surface area contributed by atoms with E-state index in [2.05, 4.69) is 9.97 Å². The van der Waals surface area contributed by atoms with Gasteiger partial charge < -0.3 is 10.5 Å². The van der Waals surface area contributed by atoms with Gasteiger partial charge in [-0.3, -0.25) is 0 Å². The van der Waals surface area contributed by atoms with Gasteiger partial charge in [-0.25, -0.2) is 9.97 Å². The summed E-state index contributed by atoms with van der Waals surface area (Å²) in [5.74, 6) is 1.34. The Morgan fingerprint density at radius 2 is 2.06 bits per heavy atom. The number of rotatable bonds is 3. The molecule has 16 heavy (non-hydrogen) atoms. The second kappa shape index (κ2) is 4.01. The SMILES string of the molecule is N[C@@H]1CCC[C@H]1Oc1cc(C2CC2)ncn1. The molecule has 0 aliphatic heterocycles. The smallest absolute Gasteiger partial charge is 0.216 e. The molecule has 2 N–H and O–H groups in total. The van der Waals surface area contributed by atoms with Crippen LogP contribution in [-0.4, -0.2) is 22.1 Å². The van der Waals surface area contributed by atoms with Gasteiger partial charge in [0.25, 0.3) is 0 Å². The third-order valence-corrected chi connectivity index (χ3v) is 3.43. The second-order valence-electron chi connectivity index (χ2n) is 4.81. The molecule has 0 bridgehead atoms. The molecule has 4 heteroatoms. The normalized spacial score (nSPS) is 29.3. The highest BCUT2D eigenvalue weighted by Crippen LogP contribution is 2.39. The van der Waals surface area contributed by atoms with Crippen LogP contribution in [0.5, 0.6) is 5.88 Å². The van der Waals surface area contributed by atoms with Crippen molar-refractivity contribution in [3.63, 3.8) is 0 Å². The second-order valence-corrected chi connectivity index (χ2v) is 4.81. The average molecular weight is 219 g/mol. The highest BCUT2D eigenvalue weighted by molar-refractivity contribution is 5.20. The Balaban J connectivity index is 1.71. The number of hydrogen-bond donors (Lipinski definition) is 1. The van der Waals surface area contributed by atoms with Crippen molar-refractivity contribution >= 4 is 0 Å². The van der Waals surface area contributed by atoms with E-state index in [9.17, 15) is 0 Å². The van der Waals surface area contributed by atoms with Crippen molar-refractivity contribution in [2.75, 3.05) is 0 Å². The fourth-order valence-corrected chi connectivity index (χ4v) is 2.28. The van der Waals surface area contributed by atoms with Gasteiger partial charge in [0.05, 0.1) is 5.69 Å². The van der Waals surface area contributed by atoms with E-state index in [1.165, 1.54) is 12.8 Å². The Hall–Kier alpha value is -1.16. The van der Waals surface area contributed by atoms with Crippen LogP contribution in [0.1, 0.15) is 43.7 Å². The van der Waals surface area contributed by atoms with Gasteiger partial charge in [-0.05, 0) is 32.1 Å². The maximum absolute atomic E-state index is 5.97. The van der Waals surface area contributed by atoms with E-state index in [-0.39, 0.29) is 12.1 Å². The van der Waals surface area contributed by atoms with E-state index < -0.39 is 0 Å². The number of nitrogens with two attached hydrogens (primary N) is 1. The molecule has 1 aromatic heterocycles. The van der Waals surface area contributed by atoms with Gasteiger partial charge in [0.1, 0.15) is 12.4 Å². The summed E-state index contributed by atoms with van der Waals surface area (Å²) in [6.07, 6.45) is 7.51. The fraction of sp³-hybridized carbons (Fsp3) is 0.667. The van der Waals surface area contributed by atoms with Crippen molar-refractivity contribution in [2.24, 2.45) is 5.73 Å². The van der Waals surface area contributed by atoms with E-state index in [4.69, 9.17) is 10.5 Å². The molecule has 2 aliphatic rings. The summed E-state index contributed by atoms with van der Waals surface area (Å²) in [6, 6.07) is 2.14. The molecule has 1 aromatic rings. The Morgan fingerprint density at radius 1 is 1.19 bits per heavy atom. The molecular weight excluding hydrogens is 202 g/mol. The van der Waals surface area contributed by atoms with Crippen LogP contribution in [0.25, 0.3) is 0 Å². The van der Waals surface area contributed by atoms with E-state index >= 15 is 0 Å². The Labute approximate surface area is 95.2 Å². The minimum absolute atomic E-state index is 0.141. The lowest BCUT2D eigenvalue weighted by Crippen LogP contribution is -2.33. The van der Waals surface area contributed by atoms with E-state index in [1.54, 1.807) is 6.33 Å². The molecule has 0 unspecified atom stereocenters. The number of aromatic nitrogens is 2. The first-order chi connectivity index (χ1) is 7.83. The van der Waals surface area contributed by atoms with Crippen LogP contribution in [0.3, 0.4) is 0 Å². The van der Waals surface area contributed by atoms with Crippen molar-refractivity contribution in [2.45, 2.75) is 50.2 Å². The van der Waals surface area contributed by atoms with Crippen LogP contribution in [-0.2, 0) is 0 Å². The lowest BCUT2D eigenvalue weighted by atomic mass is 10.2. The topological polar surface area (TPSA) is 61.0 Å². The lowest BCUT2D eigenvalue weighted by molar-refractivity contribution is 0.183. The Bertz CT molecular complexity index is 378. The van der Waals surface area contributed by atoms with Crippen molar-refractivity contribution < 1.29 is 4.74 Å². The summed E-state index contributed by atoms with van der Waals surface area (Å²) in [5.41, 5.74) is 7.09. The third-order valence-electron chi connectivity index (χ3n) is 3.43. The van der Waals surface area contributed by atoms with Crippen molar-refractivity contribution in [1.82, 2.24) is 9.97 Å².